The van der Waals surface area contributed by atoms with Gasteiger partial charge in [-0.1, -0.05) is 30.3 Å². The second-order valence-electron chi connectivity index (χ2n) is 7.76. The predicted molar refractivity (Wildman–Crippen MR) is 83.7 cm³/mol. The summed E-state index contributed by atoms with van der Waals surface area (Å²) in [7, 11) is 0. The van der Waals surface area contributed by atoms with Crippen molar-refractivity contribution in [1.82, 2.24) is 5.32 Å². The van der Waals surface area contributed by atoms with Gasteiger partial charge in [0.05, 0.1) is 6.04 Å². The van der Waals surface area contributed by atoms with Gasteiger partial charge in [-0.3, -0.25) is 0 Å². The number of aldehydes is 1. The Balaban J connectivity index is 1.49. The number of carbonyl (C=O) groups excluding carboxylic acids is 1. The van der Waals surface area contributed by atoms with E-state index in [0.29, 0.717) is 0 Å². The minimum atomic E-state index is 0.0473. The van der Waals surface area contributed by atoms with E-state index in [1.165, 1.54) is 50.4 Å². The highest BCUT2D eigenvalue weighted by Crippen LogP contribution is 2.61. The molecule has 1 aromatic rings. The smallest absolute Gasteiger partial charge is 0.137 e. The third kappa shape index (κ3) is 2.44. The van der Waals surface area contributed by atoms with E-state index in [2.05, 4.69) is 29.6 Å². The maximum atomic E-state index is 11.8. The molecule has 1 N–H and O–H groups in total. The van der Waals surface area contributed by atoms with E-state index in [1.54, 1.807) is 0 Å². The van der Waals surface area contributed by atoms with Gasteiger partial charge in [-0.25, -0.2) is 0 Å². The Kier molecular flexibility index (Phi) is 3.37. The van der Waals surface area contributed by atoms with Gasteiger partial charge in [-0.2, -0.15) is 0 Å². The fourth-order valence-corrected chi connectivity index (χ4v) is 5.79. The Morgan fingerprint density at radius 1 is 1.05 bits per heavy atom. The van der Waals surface area contributed by atoms with E-state index in [0.717, 1.165) is 24.3 Å². The predicted octanol–water partition coefficient (Wildman–Crippen LogP) is 3.56. The first kappa shape index (κ1) is 13.5. The van der Waals surface area contributed by atoms with Crippen LogP contribution in [-0.2, 0) is 11.3 Å². The Morgan fingerprint density at radius 3 is 2.14 bits per heavy atom. The van der Waals surface area contributed by atoms with Gasteiger partial charge in [0, 0.05) is 6.54 Å². The van der Waals surface area contributed by atoms with Crippen LogP contribution in [0, 0.1) is 23.2 Å². The maximum absolute atomic E-state index is 11.8. The molecule has 1 atom stereocenters. The molecular weight excluding hydrogens is 258 g/mol. The molecule has 0 aromatic heterocycles. The summed E-state index contributed by atoms with van der Waals surface area (Å²) < 4.78 is 0. The molecule has 1 aromatic carbocycles. The molecule has 21 heavy (non-hydrogen) atoms. The fourth-order valence-electron chi connectivity index (χ4n) is 5.79. The highest BCUT2D eigenvalue weighted by atomic mass is 16.1. The summed E-state index contributed by atoms with van der Waals surface area (Å²) >= 11 is 0. The highest BCUT2D eigenvalue weighted by molar-refractivity contribution is 5.59. The minimum Gasteiger partial charge on any atom is -0.303 e. The van der Waals surface area contributed by atoms with Gasteiger partial charge in [0.25, 0.3) is 0 Å². The van der Waals surface area contributed by atoms with Crippen molar-refractivity contribution in [3.05, 3.63) is 35.9 Å². The van der Waals surface area contributed by atoms with E-state index in [9.17, 15) is 4.79 Å². The normalized spacial score (nSPS) is 38.4. The van der Waals surface area contributed by atoms with E-state index in [1.807, 2.05) is 6.07 Å². The lowest BCUT2D eigenvalue weighted by Gasteiger charge is -2.58. The molecule has 0 unspecified atom stereocenters. The standard InChI is InChI=1S/C19H25NO/c21-13-18(20-12-14-4-2-1-3-5-14)19-9-15-6-16(10-19)8-17(7-15)11-19/h1-5,13,15-18,20H,6-12H2/t15?,16?,17?,18-,19?/m1/s1. The molecule has 4 fully saturated rings. The van der Waals surface area contributed by atoms with Crippen molar-refractivity contribution in [2.45, 2.75) is 51.1 Å². The lowest BCUT2D eigenvalue weighted by Crippen LogP contribution is -2.56. The maximum Gasteiger partial charge on any atom is 0.137 e. The summed E-state index contributed by atoms with van der Waals surface area (Å²) in [6.07, 6.45) is 9.35. The van der Waals surface area contributed by atoms with Gasteiger partial charge in [-0.05, 0) is 67.3 Å². The van der Waals surface area contributed by atoms with Crippen LogP contribution in [0.1, 0.15) is 44.1 Å². The number of carbonyl (C=O) groups is 1. The van der Waals surface area contributed by atoms with Gasteiger partial charge in [0.1, 0.15) is 6.29 Å². The third-order valence-corrected chi connectivity index (χ3v) is 6.25. The minimum absolute atomic E-state index is 0.0473. The molecule has 4 saturated carbocycles. The summed E-state index contributed by atoms with van der Waals surface area (Å²) in [5.41, 5.74) is 1.54. The zero-order valence-corrected chi connectivity index (χ0v) is 12.6. The molecule has 0 spiro atoms. The molecule has 4 bridgehead atoms. The molecule has 0 amide bonds. The van der Waals surface area contributed by atoms with Crippen LogP contribution in [-0.4, -0.2) is 12.3 Å². The van der Waals surface area contributed by atoms with Crippen LogP contribution in [0.5, 0.6) is 0 Å². The lowest BCUT2D eigenvalue weighted by molar-refractivity contribution is -0.121. The molecule has 4 aliphatic carbocycles. The van der Waals surface area contributed by atoms with Crippen molar-refractivity contribution in [1.29, 1.82) is 0 Å². The molecule has 0 heterocycles. The summed E-state index contributed by atoms with van der Waals surface area (Å²) in [5, 5.41) is 3.57. The average molecular weight is 283 g/mol. The van der Waals surface area contributed by atoms with Crippen LogP contribution >= 0.6 is 0 Å². The zero-order valence-electron chi connectivity index (χ0n) is 12.6. The summed E-state index contributed by atoms with van der Waals surface area (Å²) in [6, 6.07) is 10.5. The van der Waals surface area contributed by atoms with Crippen molar-refractivity contribution in [3.63, 3.8) is 0 Å². The SMILES string of the molecule is O=C[C@@H](NCc1ccccc1)C12CC3CC(CC(C3)C1)C2. The third-order valence-electron chi connectivity index (χ3n) is 6.25. The molecule has 0 radical (unpaired) electrons. The molecule has 0 aliphatic heterocycles. The molecule has 2 heteroatoms. The van der Waals surface area contributed by atoms with Gasteiger partial charge in [0.15, 0.2) is 0 Å². The van der Waals surface area contributed by atoms with Crippen molar-refractivity contribution >= 4 is 6.29 Å². The largest absolute Gasteiger partial charge is 0.303 e. The van der Waals surface area contributed by atoms with Crippen LogP contribution in [0.4, 0.5) is 0 Å². The Labute approximate surface area is 127 Å². The molecule has 0 saturated heterocycles. The Bertz CT molecular complexity index is 474. The molecule has 5 rings (SSSR count). The van der Waals surface area contributed by atoms with E-state index < -0.39 is 0 Å². The second-order valence-corrected chi connectivity index (χ2v) is 7.76. The van der Waals surface area contributed by atoms with Crippen molar-refractivity contribution < 1.29 is 4.79 Å². The molecule has 2 nitrogen and oxygen atoms in total. The van der Waals surface area contributed by atoms with E-state index in [4.69, 9.17) is 0 Å². The molecule has 112 valence electrons. The topological polar surface area (TPSA) is 29.1 Å². The Morgan fingerprint density at radius 2 is 1.62 bits per heavy atom. The quantitative estimate of drug-likeness (QED) is 0.837. The number of hydrogen-bond acceptors (Lipinski definition) is 2. The van der Waals surface area contributed by atoms with Gasteiger partial charge in [0.2, 0.25) is 0 Å². The summed E-state index contributed by atoms with van der Waals surface area (Å²) in [5.74, 6) is 2.70. The number of benzene rings is 1. The first-order valence-corrected chi connectivity index (χ1v) is 8.50. The van der Waals surface area contributed by atoms with Crippen LogP contribution in [0.2, 0.25) is 0 Å². The molecular formula is C19H25NO. The monoisotopic (exact) mass is 283 g/mol. The van der Waals surface area contributed by atoms with Crippen LogP contribution in [0.15, 0.2) is 30.3 Å². The van der Waals surface area contributed by atoms with E-state index in [-0.39, 0.29) is 11.5 Å². The van der Waals surface area contributed by atoms with Crippen molar-refractivity contribution in [2.24, 2.45) is 23.2 Å². The van der Waals surface area contributed by atoms with Crippen LogP contribution in [0.3, 0.4) is 0 Å². The van der Waals surface area contributed by atoms with Gasteiger partial charge < -0.3 is 10.1 Å². The summed E-state index contributed by atoms with van der Waals surface area (Å²) in [4.78, 5) is 11.8. The lowest BCUT2D eigenvalue weighted by atomic mass is 9.48. The number of rotatable bonds is 5. The Hall–Kier alpha value is -1.15. The van der Waals surface area contributed by atoms with Gasteiger partial charge >= 0.3 is 0 Å². The first-order valence-electron chi connectivity index (χ1n) is 8.50. The van der Waals surface area contributed by atoms with Crippen LogP contribution < -0.4 is 5.32 Å². The van der Waals surface area contributed by atoms with Crippen LogP contribution in [0.25, 0.3) is 0 Å². The number of hydrogen-bond donors (Lipinski definition) is 1. The number of nitrogens with one attached hydrogen (secondary N) is 1. The summed E-state index contributed by atoms with van der Waals surface area (Å²) in [6.45, 7) is 0.812. The van der Waals surface area contributed by atoms with Crippen molar-refractivity contribution in [2.75, 3.05) is 0 Å². The van der Waals surface area contributed by atoms with E-state index >= 15 is 0 Å². The fraction of sp³-hybridized carbons (Fsp3) is 0.632. The van der Waals surface area contributed by atoms with Crippen molar-refractivity contribution in [3.8, 4) is 0 Å². The van der Waals surface area contributed by atoms with Gasteiger partial charge in [-0.15, -0.1) is 0 Å². The average Bonchev–Trinajstić information content (AvgIpc) is 2.47. The zero-order chi connectivity index (χ0) is 14.3. The first-order chi connectivity index (χ1) is 10.3. The molecule has 4 aliphatic rings. The highest BCUT2D eigenvalue weighted by Gasteiger charge is 2.54. The second kappa shape index (κ2) is 5.24.